The smallest absolute Gasteiger partial charge is 0.277 e. The molecule has 3 rings (SSSR count). The predicted octanol–water partition coefficient (Wildman–Crippen LogP) is 4.91. The van der Waals surface area contributed by atoms with Gasteiger partial charge in [-0.2, -0.15) is 0 Å². The number of nitrogens with zero attached hydrogens (tertiary/aromatic N) is 1. The highest BCUT2D eigenvalue weighted by Gasteiger charge is 2.18. The van der Waals surface area contributed by atoms with Crippen molar-refractivity contribution < 1.29 is 14.1 Å². The lowest BCUT2D eigenvalue weighted by atomic mass is 10.1. The number of nitrogens with one attached hydrogen (secondary N) is 1. The number of carbonyl (C=O) groups excluding carboxylic acids is 1. The van der Waals surface area contributed by atoms with Gasteiger partial charge >= 0.3 is 0 Å². The van der Waals surface area contributed by atoms with Crippen LogP contribution in [0.1, 0.15) is 10.5 Å². The van der Waals surface area contributed by atoms with Gasteiger partial charge in [0.25, 0.3) is 5.91 Å². The van der Waals surface area contributed by atoms with E-state index in [0.717, 1.165) is 0 Å². The summed E-state index contributed by atoms with van der Waals surface area (Å²) in [5, 5.41) is 7.10. The first-order valence-corrected chi connectivity index (χ1v) is 7.71. The molecule has 0 aliphatic rings. The molecule has 0 unspecified atom stereocenters. The van der Waals surface area contributed by atoms with Gasteiger partial charge in [0.15, 0.2) is 11.5 Å². The van der Waals surface area contributed by atoms with Crippen LogP contribution in [0.3, 0.4) is 0 Å². The zero-order valence-electron chi connectivity index (χ0n) is 12.5. The Balaban J connectivity index is 1.87. The van der Waals surface area contributed by atoms with E-state index in [2.05, 4.69) is 10.5 Å². The number of hydrogen-bond acceptors (Lipinski definition) is 4. The van der Waals surface area contributed by atoms with Crippen LogP contribution in [0.15, 0.2) is 53.1 Å². The van der Waals surface area contributed by atoms with Gasteiger partial charge in [0, 0.05) is 6.07 Å². The summed E-state index contributed by atoms with van der Waals surface area (Å²) in [7, 11) is 1.56. The first kappa shape index (κ1) is 16.4. The highest BCUT2D eigenvalue weighted by Crippen LogP contribution is 2.32. The standard InChI is InChI=1S/C17H12Cl2N2O3/c1-23-14-8-3-2-5-10(14)15-9-13(21-24-15)17(22)20-16-11(18)6-4-7-12(16)19/h2-9H,1H3,(H,20,22). The van der Waals surface area contributed by atoms with Crippen molar-refractivity contribution in [3.8, 4) is 17.1 Å². The number of amides is 1. The van der Waals surface area contributed by atoms with Gasteiger partial charge in [0.1, 0.15) is 5.75 Å². The van der Waals surface area contributed by atoms with Gasteiger partial charge in [-0.25, -0.2) is 0 Å². The molecule has 0 aliphatic heterocycles. The fourth-order valence-corrected chi connectivity index (χ4v) is 2.64. The predicted molar refractivity (Wildman–Crippen MR) is 92.9 cm³/mol. The molecule has 0 radical (unpaired) electrons. The maximum Gasteiger partial charge on any atom is 0.277 e. The highest BCUT2D eigenvalue weighted by molar-refractivity contribution is 6.40. The zero-order valence-corrected chi connectivity index (χ0v) is 14.1. The Morgan fingerprint density at radius 2 is 1.83 bits per heavy atom. The Kier molecular flexibility index (Phi) is 4.74. The van der Waals surface area contributed by atoms with Crippen molar-refractivity contribution in [1.82, 2.24) is 5.16 Å². The van der Waals surface area contributed by atoms with Crippen LogP contribution < -0.4 is 10.1 Å². The van der Waals surface area contributed by atoms with Crippen LogP contribution in [0.5, 0.6) is 5.75 Å². The Hall–Kier alpha value is -2.50. The monoisotopic (exact) mass is 362 g/mol. The van der Waals surface area contributed by atoms with E-state index >= 15 is 0 Å². The lowest BCUT2D eigenvalue weighted by Gasteiger charge is -2.07. The van der Waals surface area contributed by atoms with Gasteiger partial charge in [-0.3, -0.25) is 4.79 Å². The number of methoxy groups -OCH3 is 1. The average Bonchev–Trinajstić information content (AvgIpc) is 3.08. The lowest BCUT2D eigenvalue weighted by molar-refractivity contribution is 0.101. The van der Waals surface area contributed by atoms with Crippen molar-refractivity contribution in [2.45, 2.75) is 0 Å². The molecule has 0 bridgehead atoms. The van der Waals surface area contributed by atoms with Gasteiger partial charge in [0.05, 0.1) is 28.4 Å². The quantitative estimate of drug-likeness (QED) is 0.715. The Morgan fingerprint density at radius 1 is 1.12 bits per heavy atom. The average molecular weight is 363 g/mol. The van der Waals surface area contributed by atoms with E-state index in [-0.39, 0.29) is 5.69 Å². The molecule has 5 nitrogen and oxygen atoms in total. The molecule has 2 aromatic carbocycles. The Morgan fingerprint density at radius 3 is 2.54 bits per heavy atom. The molecule has 0 atom stereocenters. The third kappa shape index (κ3) is 3.22. The summed E-state index contributed by atoms with van der Waals surface area (Å²) in [6.07, 6.45) is 0. The minimum absolute atomic E-state index is 0.104. The normalized spacial score (nSPS) is 10.5. The highest BCUT2D eigenvalue weighted by atomic mass is 35.5. The number of carbonyl (C=O) groups is 1. The third-order valence-corrected chi connectivity index (χ3v) is 3.95. The molecule has 7 heteroatoms. The van der Waals surface area contributed by atoms with Gasteiger partial charge in [0.2, 0.25) is 0 Å². The molecule has 0 saturated carbocycles. The number of anilines is 1. The summed E-state index contributed by atoms with van der Waals surface area (Å²) in [6.45, 7) is 0. The Labute approximate surface area is 148 Å². The van der Waals surface area contributed by atoms with Crippen molar-refractivity contribution in [3.63, 3.8) is 0 Å². The van der Waals surface area contributed by atoms with Gasteiger partial charge in [-0.1, -0.05) is 46.6 Å². The molecule has 0 saturated heterocycles. The van der Waals surface area contributed by atoms with Crippen LogP contribution in [0.25, 0.3) is 11.3 Å². The summed E-state index contributed by atoms with van der Waals surface area (Å²) < 4.78 is 10.5. The molecule has 24 heavy (non-hydrogen) atoms. The topological polar surface area (TPSA) is 64.4 Å². The first-order valence-electron chi connectivity index (χ1n) is 6.95. The van der Waals surface area contributed by atoms with Crippen molar-refractivity contribution in [2.75, 3.05) is 12.4 Å². The van der Waals surface area contributed by atoms with E-state index in [9.17, 15) is 4.79 Å². The van der Waals surface area contributed by atoms with E-state index < -0.39 is 5.91 Å². The van der Waals surface area contributed by atoms with Crippen LogP contribution in [-0.2, 0) is 0 Å². The van der Waals surface area contributed by atoms with Crippen molar-refractivity contribution in [3.05, 3.63) is 64.3 Å². The molecule has 1 aromatic heterocycles. The second-order valence-electron chi connectivity index (χ2n) is 4.83. The van der Waals surface area contributed by atoms with E-state index in [4.69, 9.17) is 32.5 Å². The molecule has 0 fully saturated rings. The molecule has 1 amide bonds. The number of para-hydroxylation sites is 2. The number of ether oxygens (including phenoxy) is 1. The van der Waals surface area contributed by atoms with Gasteiger partial charge in [-0.05, 0) is 24.3 Å². The molecule has 1 heterocycles. The van der Waals surface area contributed by atoms with Crippen LogP contribution in [-0.4, -0.2) is 18.2 Å². The minimum Gasteiger partial charge on any atom is -0.496 e. The fourth-order valence-electron chi connectivity index (χ4n) is 2.15. The maximum atomic E-state index is 12.3. The van der Waals surface area contributed by atoms with Gasteiger partial charge < -0.3 is 14.6 Å². The van der Waals surface area contributed by atoms with E-state index in [0.29, 0.717) is 32.8 Å². The number of benzene rings is 2. The van der Waals surface area contributed by atoms with Crippen molar-refractivity contribution in [1.29, 1.82) is 0 Å². The summed E-state index contributed by atoms with van der Waals surface area (Å²) in [6, 6.07) is 13.8. The van der Waals surface area contributed by atoms with Crippen LogP contribution >= 0.6 is 23.2 Å². The summed E-state index contributed by atoms with van der Waals surface area (Å²) in [4.78, 5) is 12.3. The molecule has 1 N–H and O–H groups in total. The maximum absolute atomic E-state index is 12.3. The molecule has 122 valence electrons. The number of aromatic nitrogens is 1. The molecular formula is C17H12Cl2N2O3. The Bertz CT molecular complexity index is 873. The first-order chi connectivity index (χ1) is 11.6. The lowest BCUT2D eigenvalue weighted by Crippen LogP contribution is -2.12. The SMILES string of the molecule is COc1ccccc1-c1cc(C(=O)Nc2c(Cl)cccc2Cl)no1. The van der Waals surface area contributed by atoms with Crippen LogP contribution in [0, 0.1) is 0 Å². The molecule has 0 aliphatic carbocycles. The van der Waals surface area contributed by atoms with E-state index in [1.54, 1.807) is 31.4 Å². The molecular weight excluding hydrogens is 351 g/mol. The summed E-state index contributed by atoms with van der Waals surface area (Å²) in [5.41, 5.74) is 1.13. The summed E-state index contributed by atoms with van der Waals surface area (Å²) in [5.74, 6) is 0.563. The number of halogens is 2. The van der Waals surface area contributed by atoms with Crippen molar-refractivity contribution >= 4 is 34.8 Å². The van der Waals surface area contributed by atoms with Gasteiger partial charge in [-0.15, -0.1) is 0 Å². The summed E-state index contributed by atoms with van der Waals surface area (Å²) >= 11 is 12.1. The molecule has 3 aromatic rings. The fraction of sp³-hybridized carbons (Fsp3) is 0.0588. The number of rotatable bonds is 4. The van der Waals surface area contributed by atoms with Crippen molar-refractivity contribution in [2.24, 2.45) is 0 Å². The van der Waals surface area contributed by atoms with Crippen LogP contribution in [0.4, 0.5) is 5.69 Å². The van der Waals surface area contributed by atoms with E-state index in [1.807, 2.05) is 18.2 Å². The van der Waals surface area contributed by atoms with E-state index in [1.165, 1.54) is 6.07 Å². The number of hydrogen-bond donors (Lipinski definition) is 1. The minimum atomic E-state index is -0.477. The second-order valence-corrected chi connectivity index (χ2v) is 5.64. The largest absolute Gasteiger partial charge is 0.496 e. The molecule has 0 spiro atoms. The van der Waals surface area contributed by atoms with Crippen LogP contribution in [0.2, 0.25) is 10.0 Å². The second kappa shape index (κ2) is 6.95. The zero-order chi connectivity index (χ0) is 17.1. The third-order valence-electron chi connectivity index (χ3n) is 3.32.